The average Bonchev–Trinajstić information content (AvgIpc) is 2.97. The summed E-state index contributed by atoms with van der Waals surface area (Å²) < 4.78 is 25.8. The first-order valence-corrected chi connectivity index (χ1v) is 12.9. The zero-order chi connectivity index (χ0) is 29.1. The van der Waals surface area contributed by atoms with Gasteiger partial charge in [0.2, 0.25) is 0 Å². The third-order valence-electron chi connectivity index (χ3n) is 7.71. The number of nitrogens with zero attached hydrogens (tertiary/aromatic N) is 1. The number of benzene rings is 3. The van der Waals surface area contributed by atoms with Crippen molar-refractivity contribution < 1.29 is 24.2 Å². The van der Waals surface area contributed by atoms with Crippen molar-refractivity contribution in [3.8, 4) is 0 Å². The van der Waals surface area contributed by atoms with Crippen LogP contribution in [0.4, 0.5) is 0 Å². The Balaban J connectivity index is 1.43. The van der Waals surface area contributed by atoms with Crippen LogP contribution in [0.3, 0.4) is 0 Å². The van der Waals surface area contributed by atoms with Crippen LogP contribution in [0, 0.1) is 5.92 Å². The largest absolute Gasteiger partial charge is 0.481 e. The molecule has 1 fully saturated rings. The highest BCUT2D eigenvalue weighted by Crippen LogP contribution is 2.42. The van der Waals surface area contributed by atoms with E-state index in [1.165, 1.54) is 0 Å². The smallest absolute Gasteiger partial charge is 0.313 e. The Kier molecular flexibility index (Phi) is 7.25. The second-order valence-electron chi connectivity index (χ2n) is 10.4. The second kappa shape index (κ2) is 11.6. The number of carboxylic acids is 1. The van der Waals surface area contributed by atoms with Gasteiger partial charge < -0.3 is 20.2 Å². The molecule has 5 nitrogen and oxygen atoms in total. The number of rotatable bonds is 10. The molecule has 2 unspecified atom stereocenters. The summed E-state index contributed by atoms with van der Waals surface area (Å²) in [5.74, 6) is -1.03. The van der Waals surface area contributed by atoms with E-state index in [1.54, 1.807) is 38.1 Å². The molecule has 5 heteroatoms. The molecular weight excluding hydrogens is 462 g/mol. The van der Waals surface area contributed by atoms with E-state index >= 15 is 0 Å². The third kappa shape index (κ3) is 5.96. The van der Waals surface area contributed by atoms with Gasteiger partial charge in [-0.25, -0.2) is 0 Å². The van der Waals surface area contributed by atoms with E-state index in [2.05, 4.69) is 0 Å². The van der Waals surface area contributed by atoms with Crippen LogP contribution in [0.15, 0.2) is 84.9 Å². The Hall–Kier alpha value is -2.99. The van der Waals surface area contributed by atoms with Gasteiger partial charge in [0, 0.05) is 4.11 Å². The van der Waals surface area contributed by atoms with Crippen LogP contribution in [0.2, 0.25) is 0 Å². The zero-order valence-corrected chi connectivity index (χ0v) is 21.5. The number of aliphatic hydroxyl groups is 2. The van der Waals surface area contributed by atoms with Gasteiger partial charge in [0.05, 0.1) is 11.5 Å². The van der Waals surface area contributed by atoms with Gasteiger partial charge in [-0.2, -0.15) is 0 Å². The molecular formula is C32H39NO4. The summed E-state index contributed by atoms with van der Waals surface area (Å²) >= 11 is 0. The summed E-state index contributed by atoms with van der Waals surface area (Å²) in [5.41, 5.74) is 0.350. The van der Waals surface area contributed by atoms with Crippen LogP contribution in [0.25, 0.3) is 0 Å². The number of carbonyl (C=O) groups is 1. The number of carboxylic acid groups (broad SMARTS) is 1. The van der Waals surface area contributed by atoms with Crippen molar-refractivity contribution in [2.45, 2.75) is 56.6 Å². The van der Waals surface area contributed by atoms with Gasteiger partial charge in [-0.05, 0) is 87.3 Å². The second-order valence-corrected chi connectivity index (χ2v) is 10.4. The Morgan fingerprint density at radius 2 is 1.43 bits per heavy atom. The number of likely N-dealkylation sites (tertiary alicyclic amines) is 1. The quantitative estimate of drug-likeness (QED) is 0.339. The molecule has 0 radical (unpaired) electrons. The molecule has 0 amide bonds. The molecule has 0 aromatic heterocycles. The fraction of sp³-hybridized carbons (Fsp3) is 0.406. The van der Waals surface area contributed by atoms with Gasteiger partial charge in [0.15, 0.2) is 0 Å². The molecule has 0 aliphatic carbocycles. The number of hydrogen-bond donors (Lipinski definition) is 3. The normalized spacial score (nSPS) is 18.9. The van der Waals surface area contributed by atoms with Crippen molar-refractivity contribution in [2.75, 3.05) is 19.6 Å². The maximum atomic E-state index is 12.1. The number of aliphatic carboxylic acids is 1. The van der Waals surface area contributed by atoms with E-state index in [4.69, 9.17) is 4.11 Å². The zero-order valence-electron chi connectivity index (χ0n) is 24.5. The van der Waals surface area contributed by atoms with Crippen LogP contribution < -0.4 is 0 Å². The molecule has 3 aromatic carbocycles. The minimum absolute atomic E-state index is 0.00974. The van der Waals surface area contributed by atoms with Gasteiger partial charge in [-0.15, -0.1) is 0 Å². The Morgan fingerprint density at radius 1 is 0.919 bits per heavy atom. The summed E-state index contributed by atoms with van der Waals surface area (Å²) in [5, 5.41) is 32.4. The molecule has 0 bridgehead atoms. The van der Waals surface area contributed by atoms with Gasteiger partial charge in [-0.3, -0.25) is 4.79 Å². The lowest BCUT2D eigenvalue weighted by atomic mass is 9.72. The lowest BCUT2D eigenvalue weighted by molar-refractivity contribution is -0.142. The molecule has 4 rings (SSSR count). The Morgan fingerprint density at radius 3 is 1.92 bits per heavy atom. The van der Waals surface area contributed by atoms with Gasteiger partial charge >= 0.3 is 5.97 Å². The fourth-order valence-electron chi connectivity index (χ4n) is 5.14. The van der Waals surface area contributed by atoms with Gasteiger partial charge in [0.1, 0.15) is 5.60 Å². The van der Waals surface area contributed by atoms with E-state index in [0.29, 0.717) is 37.1 Å². The van der Waals surface area contributed by atoms with Crippen molar-refractivity contribution in [1.82, 2.24) is 4.90 Å². The molecule has 2 atom stereocenters. The number of piperidine rings is 1. The summed E-state index contributed by atoms with van der Waals surface area (Å²) in [6.45, 7) is 4.30. The average molecular weight is 505 g/mol. The fourth-order valence-corrected chi connectivity index (χ4v) is 5.14. The number of aliphatic hydroxyl groups excluding tert-OH is 1. The molecule has 3 N–H and O–H groups in total. The number of hydrogen-bond acceptors (Lipinski definition) is 4. The summed E-state index contributed by atoms with van der Waals surface area (Å²) in [4.78, 5) is 13.5. The minimum atomic E-state index is -2.00. The van der Waals surface area contributed by atoms with E-state index in [1.807, 2.05) is 65.6 Å². The first-order valence-electron chi connectivity index (χ1n) is 14.4. The lowest BCUT2D eigenvalue weighted by Gasteiger charge is -2.42. The SMILES string of the molecule is [2H]C(C(O)c1ccc(C(C)(C)C(=O)O)cc1)C([2H])([2H])CN1CCC(C(O)(c2ccccc2)c2ccccc2)CC1. The van der Waals surface area contributed by atoms with Crippen LogP contribution in [0.5, 0.6) is 0 Å². The Bertz CT molecular complexity index is 1220. The van der Waals surface area contributed by atoms with Gasteiger partial charge in [-0.1, -0.05) is 84.9 Å². The highest BCUT2D eigenvalue weighted by molar-refractivity contribution is 5.80. The van der Waals surface area contributed by atoms with Crippen molar-refractivity contribution >= 4 is 5.97 Å². The monoisotopic (exact) mass is 504 g/mol. The van der Waals surface area contributed by atoms with Crippen LogP contribution >= 0.6 is 0 Å². The van der Waals surface area contributed by atoms with E-state index in [-0.39, 0.29) is 12.5 Å². The molecule has 1 aliphatic heterocycles. The van der Waals surface area contributed by atoms with E-state index in [9.17, 15) is 20.1 Å². The molecule has 1 heterocycles. The predicted octanol–water partition coefficient (Wildman–Crippen LogP) is 5.51. The molecule has 0 saturated carbocycles. The standard InChI is InChI=1S/C32H39NO4/c1-31(2,30(35)36)25-17-15-24(16-18-25)29(34)14-9-21-33-22-19-28(20-23-33)32(37,26-10-5-3-6-11-26)27-12-7-4-8-13-27/h3-8,10-13,15-18,28-29,34,37H,9,14,19-23H2,1-2H3,(H,35,36)/i9D2,14D. The van der Waals surface area contributed by atoms with Crippen molar-refractivity contribution in [2.24, 2.45) is 5.92 Å². The topological polar surface area (TPSA) is 81.0 Å². The third-order valence-corrected chi connectivity index (χ3v) is 7.71. The van der Waals surface area contributed by atoms with Crippen molar-refractivity contribution in [3.05, 3.63) is 107 Å². The van der Waals surface area contributed by atoms with E-state index < -0.39 is 35.9 Å². The Labute approximate surface area is 224 Å². The maximum Gasteiger partial charge on any atom is 0.313 e. The van der Waals surface area contributed by atoms with Crippen LogP contribution in [-0.4, -0.2) is 45.8 Å². The lowest BCUT2D eigenvalue weighted by Crippen LogP contribution is -2.44. The first-order chi connectivity index (χ1) is 18.9. The highest BCUT2D eigenvalue weighted by atomic mass is 16.4. The van der Waals surface area contributed by atoms with Crippen molar-refractivity contribution in [3.63, 3.8) is 0 Å². The molecule has 3 aromatic rings. The van der Waals surface area contributed by atoms with Crippen LogP contribution in [0.1, 0.15) is 71.9 Å². The first kappa shape index (κ1) is 23.2. The summed E-state index contributed by atoms with van der Waals surface area (Å²) in [6.07, 6.45) is -3.49. The summed E-state index contributed by atoms with van der Waals surface area (Å²) in [7, 11) is 0. The highest BCUT2D eigenvalue weighted by Gasteiger charge is 2.41. The molecule has 1 saturated heterocycles. The van der Waals surface area contributed by atoms with Crippen LogP contribution in [-0.2, 0) is 15.8 Å². The molecule has 1 aliphatic rings. The molecule has 0 spiro atoms. The molecule has 37 heavy (non-hydrogen) atoms. The maximum absolute atomic E-state index is 12.1. The molecule has 196 valence electrons. The predicted molar refractivity (Wildman–Crippen MR) is 146 cm³/mol. The van der Waals surface area contributed by atoms with Crippen molar-refractivity contribution in [1.29, 1.82) is 0 Å². The minimum Gasteiger partial charge on any atom is -0.481 e. The van der Waals surface area contributed by atoms with E-state index in [0.717, 1.165) is 11.1 Å². The summed E-state index contributed by atoms with van der Waals surface area (Å²) in [6, 6.07) is 25.7. The van der Waals surface area contributed by atoms with Gasteiger partial charge in [0.25, 0.3) is 0 Å².